The molecule has 134 valence electrons. The van der Waals surface area contributed by atoms with Crippen LogP contribution in [0.25, 0.3) is 0 Å². The molecule has 3 rings (SSSR count). The fraction of sp³-hybridized carbons (Fsp3) is 0.167. The average Bonchev–Trinajstić information content (AvgIpc) is 3.12. The standard InChI is InChI=1S/C18H16N2O6/c19-17(22)12-3-1-2-11(6-12)9-24-16(21)8-20-18(23)13-4-5-14-15(7-13)26-10-25-14/h1-7H,8-10H2,(H2,19,22)(H,20,23). The van der Waals surface area contributed by atoms with E-state index in [-0.39, 0.29) is 19.9 Å². The number of fused-ring (bicyclic) bond motifs is 1. The van der Waals surface area contributed by atoms with Crippen LogP contribution < -0.4 is 20.5 Å². The fourth-order valence-electron chi connectivity index (χ4n) is 2.32. The summed E-state index contributed by atoms with van der Waals surface area (Å²) >= 11 is 0. The predicted molar refractivity (Wildman–Crippen MR) is 89.7 cm³/mol. The zero-order valence-electron chi connectivity index (χ0n) is 13.7. The van der Waals surface area contributed by atoms with Gasteiger partial charge in [0.25, 0.3) is 5.91 Å². The van der Waals surface area contributed by atoms with E-state index in [1.807, 2.05) is 0 Å². The van der Waals surface area contributed by atoms with E-state index in [2.05, 4.69) is 5.32 Å². The number of hydrogen-bond acceptors (Lipinski definition) is 6. The molecule has 0 radical (unpaired) electrons. The summed E-state index contributed by atoms with van der Waals surface area (Å²) in [6.45, 7) is -0.202. The van der Waals surface area contributed by atoms with E-state index in [1.165, 1.54) is 0 Å². The molecule has 0 saturated heterocycles. The van der Waals surface area contributed by atoms with Gasteiger partial charge in [-0.3, -0.25) is 14.4 Å². The van der Waals surface area contributed by atoms with E-state index in [4.69, 9.17) is 19.9 Å². The Morgan fingerprint density at radius 2 is 1.85 bits per heavy atom. The van der Waals surface area contributed by atoms with Crippen molar-refractivity contribution in [3.63, 3.8) is 0 Å². The molecule has 2 amide bonds. The van der Waals surface area contributed by atoms with Crippen molar-refractivity contribution in [2.75, 3.05) is 13.3 Å². The van der Waals surface area contributed by atoms with Gasteiger partial charge in [0.15, 0.2) is 11.5 Å². The molecule has 0 unspecified atom stereocenters. The Balaban J connectivity index is 1.49. The van der Waals surface area contributed by atoms with Crippen LogP contribution in [-0.2, 0) is 16.1 Å². The van der Waals surface area contributed by atoms with Crippen LogP contribution in [0.15, 0.2) is 42.5 Å². The van der Waals surface area contributed by atoms with Crippen LogP contribution in [0, 0.1) is 0 Å². The number of primary amides is 1. The van der Waals surface area contributed by atoms with E-state index in [9.17, 15) is 14.4 Å². The van der Waals surface area contributed by atoms with Crippen LogP contribution >= 0.6 is 0 Å². The van der Waals surface area contributed by atoms with Crippen molar-refractivity contribution in [1.82, 2.24) is 5.32 Å². The number of nitrogens with one attached hydrogen (secondary N) is 1. The van der Waals surface area contributed by atoms with Gasteiger partial charge in [-0.25, -0.2) is 0 Å². The third-order valence-electron chi connectivity index (χ3n) is 3.64. The molecule has 1 aliphatic heterocycles. The van der Waals surface area contributed by atoms with E-state index >= 15 is 0 Å². The van der Waals surface area contributed by atoms with Gasteiger partial charge in [-0.2, -0.15) is 0 Å². The molecule has 0 saturated carbocycles. The highest BCUT2D eigenvalue weighted by Crippen LogP contribution is 2.32. The molecule has 3 N–H and O–H groups in total. The SMILES string of the molecule is NC(=O)c1cccc(COC(=O)CNC(=O)c2ccc3c(c2)OCO3)c1. The first kappa shape index (κ1) is 17.3. The summed E-state index contributed by atoms with van der Waals surface area (Å²) in [5.41, 5.74) is 6.49. The Hall–Kier alpha value is -3.55. The summed E-state index contributed by atoms with van der Waals surface area (Å²) in [6, 6.07) is 11.2. The second-order valence-corrected chi connectivity index (χ2v) is 5.48. The highest BCUT2D eigenvalue weighted by Gasteiger charge is 2.16. The first-order valence-electron chi connectivity index (χ1n) is 7.75. The van der Waals surface area contributed by atoms with Gasteiger partial charge in [0.1, 0.15) is 13.2 Å². The quantitative estimate of drug-likeness (QED) is 0.746. The Kier molecular flexibility index (Phi) is 5.02. The number of nitrogens with two attached hydrogens (primary N) is 1. The monoisotopic (exact) mass is 356 g/mol. The van der Waals surface area contributed by atoms with Crippen molar-refractivity contribution < 1.29 is 28.6 Å². The van der Waals surface area contributed by atoms with Gasteiger partial charge in [0.05, 0.1) is 0 Å². The van der Waals surface area contributed by atoms with Crippen LogP contribution in [0.1, 0.15) is 26.3 Å². The summed E-state index contributed by atoms with van der Waals surface area (Å²) in [4.78, 5) is 35.0. The highest BCUT2D eigenvalue weighted by molar-refractivity contribution is 5.96. The average molecular weight is 356 g/mol. The number of carbonyl (C=O) groups excluding carboxylic acids is 3. The van der Waals surface area contributed by atoms with Crippen LogP contribution in [0.2, 0.25) is 0 Å². The van der Waals surface area contributed by atoms with Gasteiger partial charge < -0.3 is 25.3 Å². The van der Waals surface area contributed by atoms with Crippen molar-refractivity contribution >= 4 is 17.8 Å². The lowest BCUT2D eigenvalue weighted by Crippen LogP contribution is -2.30. The number of hydrogen-bond donors (Lipinski definition) is 2. The number of esters is 1. The van der Waals surface area contributed by atoms with Crippen molar-refractivity contribution in [3.05, 3.63) is 59.2 Å². The summed E-state index contributed by atoms with van der Waals surface area (Å²) in [5, 5.41) is 2.47. The Morgan fingerprint density at radius 1 is 1.04 bits per heavy atom. The van der Waals surface area contributed by atoms with Gasteiger partial charge in [0.2, 0.25) is 12.7 Å². The predicted octanol–water partition coefficient (Wildman–Crippen LogP) is 0.987. The second kappa shape index (κ2) is 7.56. The Morgan fingerprint density at radius 3 is 2.65 bits per heavy atom. The highest BCUT2D eigenvalue weighted by atomic mass is 16.7. The van der Waals surface area contributed by atoms with Gasteiger partial charge in [-0.15, -0.1) is 0 Å². The molecule has 8 heteroatoms. The summed E-state index contributed by atoms with van der Waals surface area (Å²) in [5.74, 6) is -0.553. The molecule has 1 heterocycles. The molecule has 2 aromatic carbocycles. The van der Waals surface area contributed by atoms with Crippen LogP contribution in [0.4, 0.5) is 0 Å². The molecule has 0 spiro atoms. The number of rotatable bonds is 6. The maximum absolute atomic E-state index is 12.1. The molecule has 1 aliphatic rings. The lowest BCUT2D eigenvalue weighted by molar-refractivity contribution is -0.143. The van der Waals surface area contributed by atoms with Crippen molar-refractivity contribution in [2.45, 2.75) is 6.61 Å². The summed E-state index contributed by atoms with van der Waals surface area (Å²) in [7, 11) is 0. The largest absolute Gasteiger partial charge is 0.460 e. The second-order valence-electron chi connectivity index (χ2n) is 5.48. The lowest BCUT2D eigenvalue weighted by Gasteiger charge is -2.08. The topological polar surface area (TPSA) is 117 Å². The van der Waals surface area contributed by atoms with Crippen molar-refractivity contribution in [2.24, 2.45) is 5.73 Å². The maximum Gasteiger partial charge on any atom is 0.325 e. The molecule has 0 bridgehead atoms. The number of carbonyl (C=O) groups is 3. The Bertz CT molecular complexity index is 865. The molecular formula is C18H16N2O6. The summed E-state index contributed by atoms with van der Waals surface area (Å²) < 4.78 is 15.4. The third kappa shape index (κ3) is 4.10. The first-order valence-corrected chi connectivity index (χ1v) is 7.75. The number of ether oxygens (including phenoxy) is 3. The normalized spacial score (nSPS) is 11.7. The zero-order valence-corrected chi connectivity index (χ0v) is 13.7. The molecule has 0 fully saturated rings. The maximum atomic E-state index is 12.1. The third-order valence-corrected chi connectivity index (χ3v) is 3.64. The van der Waals surface area contributed by atoms with Crippen molar-refractivity contribution in [3.8, 4) is 11.5 Å². The molecular weight excluding hydrogens is 340 g/mol. The molecule has 26 heavy (non-hydrogen) atoms. The minimum atomic E-state index is -0.608. The number of amides is 2. The first-order chi connectivity index (χ1) is 12.5. The van der Waals surface area contributed by atoms with Crippen molar-refractivity contribution in [1.29, 1.82) is 0 Å². The lowest BCUT2D eigenvalue weighted by atomic mass is 10.1. The van der Waals surface area contributed by atoms with E-state index in [0.29, 0.717) is 28.2 Å². The van der Waals surface area contributed by atoms with E-state index in [1.54, 1.807) is 42.5 Å². The Labute approximate surface area is 148 Å². The smallest absolute Gasteiger partial charge is 0.325 e. The summed E-state index contributed by atoms with van der Waals surface area (Å²) in [6.07, 6.45) is 0. The van der Waals surface area contributed by atoms with Gasteiger partial charge in [-0.05, 0) is 35.9 Å². The van der Waals surface area contributed by atoms with Gasteiger partial charge in [0, 0.05) is 11.1 Å². The molecule has 0 atom stereocenters. The van der Waals surface area contributed by atoms with Crippen LogP contribution in [0.3, 0.4) is 0 Å². The molecule has 0 aliphatic carbocycles. The minimum absolute atomic E-state index is 0.0279. The van der Waals surface area contributed by atoms with Crippen LogP contribution in [-0.4, -0.2) is 31.1 Å². The molecule has 0 aromatic heterocycles. The van der Waals surface area contributed by atoms with E-state index < -0.39 is 17.8 Å². The fourth-order valence-corrected chi connectivity index (χ4v) is 2.32. The molecule has 8 nitrogen and oxygen atoms in total. The van der Waals surface area contributed by atoms with Gasteiger partial charge >= 0.3 is 5.97 Å². The zero-order chi connectivity index (χ0) is 18.5. The minimum Gasteiger partial charge on any atom is -0.460 e. The van der Waals surface area contributed by atoms with Gasteiger partial charge in [-0.1, -0.05) is 12.1 Å². The molecule has 2 aromatic rings. The van der Waals surface area contributed by atoms with E-state index in [0.717, 1.165) is 0 Å². The number of benzene rings is 2. The van der Waals surface area contributed by atoms with Crippen LogP contribution in [0.5, 0.6) is 11.5 Å².